The zero-order valence-corrected chi connectivity index (χ0v) is 18.4. The van der Waals surface area contributed by atoms with Gasteiger partial charge < -0.3 is 15.3 Å². The van der Waals surface area contributed by atoms with Crippen LogP contribution in [-0.2, 0) is 17.2 Å². The third kappa shape index (κ3) is 3.66. The maximum absolute atomic E-state index is 12.6. The van der Waals surface area contributed by atoms with Crippen molar-refractivity contribution in [2.24, 2.45) is 0 Å². The molecule has 30 heavy (non-hydrogen) atoms. The minimum Gasteiger partial charge on any atom is -0.394 e. The molecule has 0 bridgehead atoms. The fraction of sp³-hybridized carbons (Fsp3) is 0.435. The van der Waals surface area contributed by atoms with Gasteiger partial charge in [0, 0.05) is 23.9 Å². The molecule has 7 heteroatoms. The van der Waals surface area contributed by atoms with E-state index in [9.17, 15) is 9.32 Å². The molecule has 1 saturated carbocycles. The summed E-state index contributed by atoms with van der Waals surface area (Å²) in [6, 6.07) is 10.1. The lowest BCUT2D eigenvalue weighted by atomic mass is 9.77. The van der Waals surface area contributed by atoms with Crippen LogP contribution in [-0.4, -0.2) is 45.3 Å². The number of aromatic nitrogens is 1. The average molecular weight is 444 g/mol. The van der Waals surface area contributed by atoms with Crippen LogP contribution in [0.4, 0.5) is 11.6 Å². The van der Waals surface area contributed by atoms with Crippen molar-refractivity contribution in [2.75, 3.05) is 35.7 Å². The Kier molecular flexibility index (Phi) is 5.33. The zero-order valence-electron chi connectivity index (χ0n) is 16.9. The summed E-state index contributed by atoms with van der Waals surface area (Å²) in [5.74, 6) is 2.29. The van der Waals surface area contributed by atoms with Crippen LogP contribution >= 0.6 is 11.6 Å². The first kappa shape index (κ1) is 20.0. The second kappa shape index (κ2) is 7.98. The molecule has 1 aliphatic carbocycles. The van der Waals surface area contributed by atoms with Crippen molar-refractivity contribution in [1.29, 1.82) is 0 Å². The number of benzene rings is 1. The predicted molar refractivity (Wildman–Crippen MR) is 123 cm³/mol. The Balaban J connectivity index is 1.42. The highest BCUT2D eigenvalue weighted by Gasteiger charge is 2.38. The van der Waals surface area contributed by atoms with Crippen LogP contribution in [0.15, 0.2) is 41.3 Å². The van der Waals surface area contributed by atoms with Crippen LogP contribution < -0.4 is 10.2 Å². The first-order valence-electron chi connectivity index (χ1n) is 10.6. The Labute approximate surface area is 184 Å². The van der Waals surface area contributed by atoms with Gasteiger partial charge in [-0.2, -0.15) is 0 Å². The van der Waals surface area contributed by atoms with Crippen LogP contribution in [0, 0.1) is 0 Å². The number of fused-ring (bicyclic) bond motifs is 1. The highest BCUT2D eigenvalue weighted by molar-refractivity contribution is 7.85. The Morgan fingerprint density at radius 3 is 2.67 bits per heavy atom. The van der Waals surface area contributed by atoms with Crippen molar-refractivity contribution in [3.63, 3.8) is 0 Å². The number of aryl methyl sites for hydroxylation is 1. The van der Waals surface area contributed by atoms with Crippen molar-refractivity contribution in [3.8, 4) is 0 Å². The number of hydrogen-bond acceptors (Lipinski definition) is 5. The van der Waals surface area contributed by atoms with Gasteiger partial charge in [-0.25, -0.2) is 4.98 Å². The van der Waals surface area contributed by atoms with Gasteiger partial charge in [0.2, 0.25) is 0 Å². The molecule has 5 nitrogen and oxygen atoms in total. The molecule has 1 fully saturated rings. The summed E-state index contributed by atoms with van der Waals surface area (Å²) in [7, 11) is -1.02. The first-order valence-corrected chi connectivity index (χ1v) is 12.3. The molecule has 3 aliphatic rings. The number of rotatable bonds is 5. The SMILES string of the molecule is O=S1CCc2cc(N3CC=C(c4ccc(Cl)cc4)CC3)nc(NC3(CO)CCC3)c21. The second-order valence-corrected chi connectivity index (χ2v) is 10.4. The normalized spacial score (nSPS) is 22.3. The summed E-state index contributed by atoms with van der Waals surface area (Å²) in [6.07, 6.45) is 6.96. The van der Waals surface area contributed by atoms with E-state index < -0.39 is 10.8 Å². The molecule has 0 amide bonds. The first-order chi connectivity index (χ1) is 14.6. The summed E-state index contributed by atoms with van der Waals surface area (Å²) in [6.45, 7) is 1.75. The molecule has 1 aromatic heterocycles. The molecule has 3 heterocycles. The van der Waals surface area contributed by atoms with Crippen molar-refractivity contribution >= 4 is 39.6 Å². The predicted octanol–water partition coefficient (Wildman–Crippen LogP) is 4.02. The smallest absolute Gasteiger partial charge is 0.145 e. The molecule has 1 aromatic carbocycles. The fourth-order valence-corrected chi connectivity index (χ4v) is 6.04. The van der Waals surface area contributed by atoms with E-state index in [0.29, 0.717) is 11.6 Å². The van der Waals surface area contributed by atoms with Crippen LogP contribution in [0.1, 0.15) is 36.8 Å². The number of halogens is 1. The molecule has 0 spiro atoms. The molecule has 2 aliphatic heterocycles. The van der Waals surface area contributed by atoms with Crippen LogP contribution in [0.5, 0.6) is 0 Å². The summed E-state index contributed by atoms with van der Waals surface area (Å²) >= 11 is 6.02. The van der Waals surface area contributed by atoms with Gasteiger partial charge in [-0.1, -0.05) is 29.8 Å². The number of nitrogens with zero attached hydrogens (tertiary/aromatic N) is 2. The monoisotopic (exact) mass is 443 g/mol. The third-order valence-electron chi connectivity index (χ3n) is 6.57. The van der Waals surface area contributed by atoms with E-state index in [1.54, 1.807) is 0 Å². The topological polar surface area (TPSA) is 65.5 Å². The van der Waals surface area contributed by atoms with Gasteiger partial charge in [0.25, 0.3) is 0 Å². The summed E-state index contributed by atoms with van der Waals surface area (Å²) in [5, 5.41) is 14.1. The molecular weight excluding hydrogens is 418 g/mol. The van der Waals surface area contributed by atoms with E-state index in [0.717, 1.165) is 66.5 Å². The Bertz CT molecular complexity index is 1010. The zero-order chi connectivity index (χ0) is 20.7. The molecule has 1 unspecified atom stereocenters. The maximum atomic E-state index is 12.6. The van der Waals surface area contributed by atoms with E-state index in [1.165, 1.54) is 11.1 Å². The Morgan fingerprint density at radius 2 is 2.03 bits per heavy atom. The molecule has 5 rings (SSSR count). The number of aliphatic hydroxyl groups is 1. The third-order valence-corrected chi connectivity index (χ3v) is 8.30. The molecule has 158 valence electrons. The number of hydrogen-bond donors (Lipinski definition) is 2. The number of anilines is 2. The number of nitrogens with one attached hydrogen (secondary N) is 1. The van der Waals surface area contributed by atoms with Crippen LogP contribution in [0.2, 0.25) is 5.02 Å². The van der Waals surface area contributed by atoms with Gasteiger partial charge in [0.1, 0.15) is 11.6 Å². The molecule has 2 aromatic rings. The Hall–Kier alpha value is -1.89. The van der Waals surface area contributed by atoms with Crippen molar-refractivity contribution in [1.82, 2.24) is 4.98 Å². The molecule has 0 saturated heterocycles. The van der Waals surface area contributed by atoms with Gasteiger partial charge in [-0.15, -0.1) is 0 Å². The van der Waals surface area contributed by atoms with Crippen molar-refractivity contribution in [2.45, 2.75) is 42.5 Å². The quantitative estimate of drug-likeness (QED) is 0.730. The van der Waals surface area contributed by atoms with Crippen molar-refractivity contribution < 1.29 is 9.32 Å². The Morgan fingerprint density at radius 1 is 1.23 bits per heavy atom. The van der Waals surface area contributed by atoms with E-state index in [2.05, 4.69) is 34.5 Å². The van der Waals surface area contributed by atoms with Gasteiger partial charge in [-0.05, 0) is 67.0 Å². The fourth-order valence-electron chi connectivity index (χ4n) is 4.54. The van der Waals surface area contributed by atoms with E-state index in [-0.39, 0.29) is 12.1 Å². The van der Waals surface area contributed by atoms with Crippen LogP contribution in [0.3, 0.4) is 0 Å². The number of aliphatic hydroxyl groups excluding tert-OH is 1. The standard InChI is InChI=1S/C23H26ClN3O2S/c24-19-4-2-16(3-5-19)17-6-11-27(12-7-17)20-14-18-8-13-30(29)21(18)22(25-20)26-23(15-28)9-1-10-23/h2-6,14,28H,1,7-13,15H2,(H,25,26). The van der Waals surface area contributed by atoms with E-state index in [1.807, 2.05) is 12.1 Å². The molecule has 0 radical (unpaired) electrons. The lowest BCUT2D eigenvalue weighted by Gasteiger charge is -2.42. The van der Waals surface area contributed by atoms with E-state index >= 15 is 0 Å². The van der Waals surface area contributed by atoms with Gasteiger partial charge in [0.15, 0.2) is 0 Å². The highest BCUT2D eigenvalue weighted by Crippen LogP contribution is 2.39. The summed E-state index contributed by atoms with van der Waals surface area (Å²) in [5.41, 5.74) is 3.36. The lowest BCUT2D eigenvalue weighted by Crippen LogP contribution is -2.48. The number of pyridine rings is 1. The summed E-state index contributed by atoms with van der Waals surface area (Å²) in [4.78, 5) is 8.02. The molecular formula is C23H26ClN3O2S. The lowest BCUT2D eigenvalue weighted by molar-refractivity contribution is 0.143. The maximum Gasteiger partial charge on any atom is 0.145 e. The molecule has 1 atom stereocenters. The van der Waals surface area contributed by atoms with Gasteiger partial charge in [0.05, 0.1) is 27.8 Å². The second-order valence-electron chi connectivity index (χ2n) is 8.47. The van der Waals surface area contributed by atoms with Gasteiger partial charge >= 0.3 is 0 Å². The highest BCUT2D eigenvalue weighted by atomic mass is 35.5. The molecule has 2 N–H and O–H groups in total. The minimum atomic E-state index is -1.02. The minimum absolute atomic E-state index is 0.0806. The van der Waals surface area contributed by atoms with E-state index in [4.69, 9.17) is 16.6 Å². The van der Waals surface area contributed by atoms with Crippen LogP contribution in [0.25, 0.3) is 5.57 Å². The average Bonchev–Trinajstić information content (AvgIpc) is 3.12. The largest absolute Gasteiger partial charge is 0.394 e. The summed E-state index contributed by atoms with van der Waals surface area (Å²) < 4.78 is 12.6. The van der Waals surface area contributed by atoms with Crippen molar-refractivity contribution in [3.05, 3.63) is 52.6 Å². The van der Waals surface area contributed by atoms with Gasteiger partial charge in [-0.3, -0.25) is 4.21 Å².